The summed E-state index contributed by atoms with van der Waals surface area (Å²) in [5.41, 5.74) is 4.81. The monoisotopic (exact) mass is 667 g/mol. The van der Waals surface area contributed by atoms with Crippen molar-refractivity contribution in [3.8, 4) is 5.75 Å². The summed E-state index contributed by atoms with van der Waals surface area (Å²) >= 11 is 0. The summed E-state index contributed by atoms with van der Waals surface area (Å²) in [6.45, 7) is 6.12. The van der Waals surface area contributed by atoms with Crippen molar-refractivity contribution in [1.82, 2.24) is 14.8 Å². The first-order chi connectivity index (χ1) is 23.7. The molecule has 3 aromatic rings. The van der Waals surface area contributed by atoms with E-state index in [0.717, 1.165) is 30.8 Å². The number of benzene rings is 2. The second kappa shape index (κ2) is 15.2. The number of carbonyl (C=O) groups is 2. The van der Waals surface area contributed by atoms with Crippen LogP contribution in [0.4, 0.5) is 4.39 Å². The van der Waals surface area contributed by atoms with Gasteiger partial charge in [-0.05, 0) is 90.6 Å². The molecule has 2 fully saturated rings. The van der Waals surface area contributed by atoms with Gasteiger partial charge >= 0.3 is 0 Å². The number of pyridine rings is 1. The molecule has 1 aromatic heterocycles. The Kier molecular flexibility index (Phi) is 10.7. The number of hydrogen-bond acceptors (Lipinski definition) is 7. The van der Waals surface area contributed by atoms with E-state index in [1.807, 2.05) is 44.2 Å². The number of phenolic OH excluding ortho intramolecular Hbond substituents is 1. The van der Waals surface area contributed by atoms with E-state index in [9.17, 15) is 29.3 Å². The van der Waals surface area contributed by atoms with Crippen LogP contribution in [0, 0.1) is 29.5 Å². The average Bonchev–Trinajstić information content (AvgIpc) is 3.36. The lowest BCUT2D eigenvalue weighted by molar-refractivity contribution is -0.144. The molecule has 2 aliphatic heterocycles. The van der Waals surface area contributed by atoms with Gasteiger partial charge in [-0.3, -0.25) is 24.4 Å². The summed E-state index contributed by atoms with van der Waals surface area (Å²) in [7, 11) is 0. The standard InChI is InChI=1S/C40H46FN3O5/c1-25(2)30-22-31-38(40(49)44(39(31)48)29-15-18-43(19-16-29)23-26-8-4-3-5-9-26)32(24-45)37(30)36(47)14-12-28(34-10-6-7-17-42-34)20-27-11-13-35(46)33(41)21-27/h3-11,13,17,20-21,25,29,31-32,36,38,45-47H,12,14-16,18-19,22-24H2,1-2H3/b28-20-/t31-,32+,36-,38-/m1/s1. The molecule has 3 aliphatic rings. The van der Waals surface area contributed by atoms with E-state index >= 15 is 0 Å². The van der Waals surface area contributed by atoms with Crippen LogP contribution in [-0.4, -0.2) is 73.8 Å². The van der Waals surface area contributed by atoms with Crippen LogP contribution in [0.25, 0.3) is 11.6 Å². The molecule has 1 aliphatic carbocycles. The van der Waals surface area contributed by atoms with Gasteiger partial charge in [0.15, 0.2) is 11.6 Å². The zero-order valence-corrected chi connectivity index (χ0v) is 28.2. The number of hydrogen-bond donors (Lipinski definition) is 3. The fraction of sp³-hybridized carbons (Fsp3) is 0.425. The number of aromatic hydroxyl groups is 1. The molecule has 2 amide bonds. The summed E-state index contributed by atoms with van der Waals surface area (Å²) in [5.74, 6) is -3.47. The molecular weight excluding hydrogens is 621 g/mol. The van der Waals surface area contributed by atoms with Crippen molar-refractivity contribution in [2.24, 2.45) is 23.7 Å². The molecule has 0 unspecified atom stereocenters. The molecule has 3 N–H and O–H groups in total. The minimum atomic E-state index is -0.975. The number of piperidine rings is 1. The maximum absolute atomic E-state index is 14.2. The zero-order valence-electron chi connectivity index (χ0n) is 28.2. The number of aliphatic hydroxyl groups is 2. The fourth-order valence-corrected chi connectivity index (χ4v) is 8.09. The molecule has 8 nitrogen and oxygen atoms in total. The second-order valence-corrected chi connectivity index (χ2v) is 14.0. The van der Waals surface area contributed by atoms with E-state index in [2.05, 4.69) is 22.0 Å². The van der Waals surface area contributed by atoms with E-state index in [4.69, 9.17) is 0 Å². The lowest BCUT2D eigenvalue weighted by Gasteiger charge is -2.38. The van der Waals surface area contributed by atoms with Crippen LogP contribution in [0.1, 0.15) is 62.8 Å². The minimum Gasteiger partial charge on any atom is -0.505 e. The number of phenols is 1. The number of likely N-dealkylation sites (tertiary alicyclic amines) is 2. The van der Waals surface area contributed by atoms with Gasteiger partial charge in [0, 0.05) is 37.8 Å². The van der Waals surface area contributed by atoms with Crippen LogP contribution in [-0.2, 0) is 16.1 Å². The van der Waals surface area contributed by atoms with Gasteiger partial charge in [0.25, 0.3) is 0 Å². The third-order valence-corrected chi connectivity index (χ3v) is 10.6. The van der Waals surface area contributed by atoms with Crippen molar-refractivity contribution in [3.63, 3.8) is 0 Å². The molecule has 3 heterocycles. The highest BCUT2D eigenvalue weighted by Gasteiger charge is 2.56. The van der Waals surface area contributed by atoms with Gasteiger partial charge in [0.05, 0.1) is 30.2 Å². The molecule has 0 saturated carbocycles. The number of allylic oxidation sites excluding steroid dienone is 2. The van der Waals surface area contributed by atoms with Gasteiger partial charge in [-0.25, -0.2) is 4.39 Å². The van der Waals surface area contributed by atoms with E-state index < -0.39 is 35.4 Å². The van der Waals surface area contributed by atoms with Crippen molar-refractivity contribution < 1.29 is 29.3 Å². The van der Waals surface area contributed by atoms with Crippen LogP contribution in [0.15, 0.2) is 84.1 Å². The topological polar surface area (TPSA) is 114 Å². The van der Waals surface area contributed by atoms with Crippen molar-refractivity contribution in [2.75, 3.05) is 19.7 Å². The highest BCUT2D eigenvalue weighted by Crippen LogP contribution is 2.49. The molecule has 0 spiro atoms. The van der Waals surface area contributed by atoms with Crippen LogP contribution in [0.3, 0.4) is 0 Å². The minimum absolute atomic E-state index is 0.00333. The summed E-state index contributed by atoms with van der Waals surface area (Å²) in [5, 5.41) is 32.3. The molecule has 49 heavy (non-hydrogen) atoms. The number of nitrogens with zero attached hydrogens (tertiary/aromatic N) is 3. The first kappa shape index (κ1) is 34.7. The van der Waals surface area contributed by atoms with Gasteiger partial charge in [-0.15, -0.1) is 0 Å². The number of halogens is 1. The second-order valence-electron chi connectivity index (χ2n) is 14.0. The number of fused-ring (bicyclic) bond motifs is 1. The number of carbonyl (C=O) groups excluding carboxylic acids is 2. The Morgan fingerprint density at radius 1 is 1.02 bits per heavy atom. The molecule has 6 rings (SSSR count). The first-order valence-corrected chi connectivity index (χ1v) is 17.4. The summed E-state index contributed by atoms with van der Waals surface area (Å²) < 4.78 is 14.2. The number of amides is 2. The van der Waals surface area contributed by atoms with Crippen molar-refractivity contribution in [1.29, 1.82) is 0 Å². The quantitative estimate of drug-likeness (QED) is 0.174. The Bertz CT molecular complexity index is 1700. The molecule has 4 atom stereocenters. The summed E-state index contributed by atoms with van der Waals surface area (Å²) in [6.07, 6.45) is 4.93. The van der Waals surface area contributed by atoms with Crippen LogP contribution in [0.2, 0.25) is 0 Å². The van der Waals surface area contributed by atoms with Crippen LogP contribution < -0.4 is 0 Å². The highest BCUT2D eigenvalue weighted by molar-refractivity contribution is 6.06. The number of aliphatic hydroxyl groups excluding tert-OH is 2. The Morgan fingerprint density at radius 2 is 1.76 bits per heavy atom. The first-order valence-electron chi connectivity index (χ1n) is 17.4. The maximum atomic E-state index is 14.2. The van der Waals surface area contributed by atoms with Crippen molar-refractivity contribution in [2.45, 2.75) is 64.6 Å². The maximum Gasteiger partial charge on any atom is 0.234 e. The molecular formula is C40H46FN3O5. The van der Waals surface area contributed by atoms with E-state index in [1.54, 1.807) is 24.4 Å². The van der Waals surface area contributed by atoms with Gasteiger partial charge in [0.2, 0.25) is 11.8 Å². The third kappa shape index (κ3) is 7.39. The lowest BCUT2D eigenvalue weighted by atomic mass is 9.66. The largest absolute Gasteiger partial charge is 0.505 e. The Balaban J connectivity index is 1.20. The Morgan fingerprint density at radius 3 is 2.41 bits per heavy atom. The number of aromatic nitrogens is 1. The SMILES string of the molecule is CC(C)C1=C([C@H](O)CC/C(=C/c2ccc(O)c(F)c2)c2ccccn2)[C@H](CO)[C@@H]2C(=O)N(C3CCN(Cc4ccccc4)CC3)C(=O)[C@@H]2C1. The van der Waals surface area contributed by atoms with Gasteiger partial charge in [0.1, 0.15) is 0 Å². The number of rotatable bonds is 11. The Labute approximate surface area is 287 Å². The predicted octanol–water partition coefficient (Wildman–Crippen LogP) is 5.84. The normalized spacial score (nSPS) is 23.0. The summed E-state index contributed by atoms with van der Waals surface area (Å²) in [6, 6.07) is 19.8. The van der Waals surface area contributed by atoms with Gasteiger partial charge in [-0.1, -0.05) is 61.9 Å². The zero-order chi connectivity index (χ0) is 34.7. The van der Waals surface area contributed by atoms with E-state index in [0.29, 0.717) is 42.5 Å². The highest BCUT2D eigenvalue weighted by atomic mass is 19.1. The lowest BCUT2D eigenvalue weighted by Crippen LogP contribution is -2.47. The molecule has 0 radical (unpaired) electrons. The molecule has 2 aromatic carbocycles. The van der Waals surface area contributed by atoms with Crippen molar-refractivity contribution in [3.05, 3.63) is 107 Å². The smallest absolute Gasteiger partial charge is 0.234 e. The Hall–Kier alpha value is -4.18. The molecule has 9 heteroatoms. The van der Waals surface area contributed by atoms with Crippen LogP contribution in [0.5, 0.6) is 5.75 Å². The summed E-state index contributed by atoms with van der Waals surface area (Å²) in [4.78, 5) is 36.5. The average molecular weight is 668 g/mol. The van der Waals surface area contributed by atoms with Crippen molar-refractivity contribution >= 4 is 23.5 Å². The van der Waals surface area contributed by atoms with Gasteiger partial charge in [-0.2, -0.15) is 0 Å². The molecule has 0 bridgehead atoms. The van der Waals surface area contributed by atoms with E-state index in [1.165, 1.54) is 22.6 Å². The predicted molar refractivity (Wildman–Crippen MR) is 186 cm³/mol. The van der Waals surface area contributed by atoms with E-state index in [-0.39, 0.29) is 36.8 Å². The van der Waals surface area contributed by atoms with Gasteiger partial charge < -0.3 is 15.3 Å². The van der Waals surface area contributed by atoms with Crippen LogP contribution >= 0.6 is 0 Å². The third-order valence-electron chi connectivity index (χ3n) is 10.6. The molecule has 258 valence electrons. The molecule has 2 saturated heterocycles. The number of imide groups is 1. The fourth-order valence-electron chi connectivity index (χ4n) is 8.09.